The fraction of sp³-hybridized carbons (Fsp3) is 0.300. The summed E-state index contributed by atoms with van der Waals surface area (Å²) in [6, 6.07) is 11.9. The van der Waals surface area contributed by atoms with Crippen molar-refractivity contribution in [3.8, 4) is 0 Å². The molecule has 124 valence electrons. The molecular formula is C20H20O4. The molecule has 1 aliphatic carbocycles. The average molecular weight is 324 g/mol. The third-order valence-electron chi connectivity index (χ3n) is 4.21. The number of carbonyl (C=O) groups is 2. The normalized spacial score (nSPS) is 13.6. The lowest BCUT2D eigenvalue weighted by Gasteiger charge is -2.23. The second kappa shape index (κ2) is 6.87. The Morgan fingerprint density at radius 2 is 1.62 bits per heavy atom. The molecule has 2 aromatic rings. The van der Waals surface area contributed by atoms with Gasteiger partial charge in [0.05, 0.1) is 24.4 Å². The molecule has 1 aliphatic rings. The first kappa shape index (κ1) is 16.2. The minimum absolute atomic E-state index is 0.262. The Kier molecular flexibility index (Phi) is 4.65. The Labute approximate surface area is 141 Å². The van der Waals surface area contributed by atoms with Crippen LogP contribution in [0, 0.1) is 0 Å². The molecule has 0 aromatic heterocycles. The molecule has 2 aromatic carbocycles. The highest BCUT2D eigenvalue weighted by molar-refractivity contribution is 6.26. The van der Waals surface area contributed by atoms with E-state index in [1.54, 1.807) is 13.8 Å². The van der Waals surface area contributed by atoms with E-state index in [9.17, 15) is 9.59 Å². The fourth-order valence-electron chi connectivity index (χ4n) is 3.21. The summed E-state index contributed by atoms with van der Waals surface area (Å²) >= 11 is 0. The number of benzene rings is 2. The SMILES string of the molecule is CCOC(=O)C1=C(C(=O)OCC)c2c(ccc3ccccc23)CC1. The van der Waals surface area contributed by atoms with E-state index in [1.165, 1.54) is 0 Å². The van der Waals surface area contributed by atoms with Crippen molar-refractivity contribution in [3.63, 3.8) is 0 Å². The molecule has 4 heteroatoms. The Bertz CT molecular complexity index is 833. The van der Waals surface area contributed by atoms with Crippen molar-refractivity contribution in [1.82, 2.24) is 0 Å². The highest BCUT2D eigenvalue weighted by atomic mass is 16.5. The first-order valence-corrected chi connectivity index (χ1v) is 8.25. The van der Waals surface area contributed by atoms with Crippen molar-refractivity contribution in [1.29, 1.82) is 0 Å². The van der Waals surface area contributed by atoms with Gasteiger partial charge in [0.1, 0.15) is 0 Å². The van der Waals surface area contributed by atoms with Crippen molar-refractivity contribution in [2.45, 2.75) is 26.7 Å². The van der Waals surface area contributed by atoms with Crippen LogP contribution in [0.15, 0.2) is 42.0 Å². The molecule has 0 radical (unpaired) electrons. The minimum Gasteiger partial charge on any atom is -0.463 e. The number of hydrogen-bond acceptors (Lipinski definition) is 4. The van der Waals surface area contributed by atoms with Crippen molar-refractivity contribution >= 4 is 28.3 Å². The van der Waals surface area contributed by atoms with Crippen molar-refractivity contribution < 1.29 is 19.1 Å². The fourth-order valence-corrected chi connectivity index (χ4v) is 3.21. The summed E-state index contributed by atoms with van der Waals surface area (Å²) in [7, 11) is 0. The van der Waals surface area contributed by atoms with Gasteiger partial charge in [0.15, 0.2) is 0 Å². The molecule has 0 saturated heterocycles. The summed E-state index contributed by atoms with van der Waals surface area (Å²) < 4.78 is 10.4. The number of ether oxygens (including phenoxy) is 2. The average Bonchev–Trinajstić information content (AvgIpc) is 2.60. The van der Waals surface area contributed by atoms with Gasteiger partial charge in [-0.15, -0.1) is 0 Å². The van der Waals surface area contributed by atoms with Gasteiger partial charge in [-0.2, -0.15) is 0 Å². The molecule has 0 spiro atoms. The Morgan fingerprint density at radius 3 is 2.38 bits per heavy atom. The van der Waals surface area contributed by atoms with Gasteiger partial charge in [-0.3, -0.25) is 0 Å². The lowest BCUT2D eigenvalue weighted by molar-refractivity contribution is -0.140. The summed E-state index contributed by atoms with van der Waals surface area (Å²) in [6.45, 7) is 4.06. The molecule has 0 amide bonds. The number of esters is 2. The summed E-state index contributed by atoms with van der Waals surface area (Å²) in [4.78, 5) is 25.0. The maximum atomic E-state index is 12.6. The molecular weight excluding hydrogens is 304 g/mol. The molecule has 0 N–H and O–H groups in total. The molecule has 4 nitrogen and oxygen atoms in total. The Balaban J connectivity index is 2.27. The summed E-state index contributed by atoms with van der Waals surface area (Å²) in [5.41, 5.74) is 2.64. The molecule has 0 aliphatic heterocycles. The first-order valence-electron chi connectivity index (χ1n) is 8.25. The van der Waals surface area contributed by atoms with Crippen molar-refractivity contribution in [3.05, 3.63) is 53.1 Å². The zero-order chi connectivity index (χ0) is 17.1. The molecule has 0 fully saturated rings. The van der Waals surface area contributed by atoms with E-state index in [2.05, 4.69) is 0 Å². The smallest absolute Gasteiger partial charge is 0.339 e. The quantitative estimate of drug-likeness (QED) is 0.805. The lowest BCUT2D eigenvalue weighted by Crippen LogP contribution is -2.20. The predicted molar refractivity (Wildman–Crippen MR) is 92.5 cm³/mol. The molecule has 3 rings (SSSR count). The predicted octanol–water partition coefficient (Wildman–Crippen LogP) is 3.67. The Hall–Kier alpha value is -2.62. The number of fused-ring (bicyclic) bond motifs is 3. The van der Waals surface area contributed by atoms with Crippen LogP contribution in [0.1, 0.15) is 31.4 Å². The van der Waals surface area contributed by atoms with E-state index in [1.807, 2.05) is 36.4 Å². The van der Waals surface area contributed by atoms with Gasteiger partial charge >= 0.3 is 11.9 Å². The van der Waals surface area contributed by atoms with Crippen LogP contribution in [0.3, 0.4) is 0 Å². The van der Waals surface area contributed by atoms with Crippen LogP contribution in [-0.2, 0) is 25.5 Å². The van der Waals surface area contributed by atoms with E-state index in [4.69, 9.17) is 9.47 Å². The highest BCUT2D eigenvalue weighted by Gasteiger charge is 2.31. The Morgan fingerprint density at radius 1 is 0.917 bits per heavy atom. The second-order valence-corrected chi connectivity index (χ2v) is 5.62. The van der Waals surface area contributed by atoms with Gasteiger partial charge in [-0.05, 0) is 43.0 Å². The van der Waals surface area contributed by atoms with Gasteiger partial charge in [0, 0.05) is 5.56 Å². The number of hydrogen-bond donors (Lipinski definition) is 0. The first-order chi connectivity index (χ1) is 11.7. The molecule has 0 atom stereocenters. The highest BCUT2D eigenvalue weighted by Crippen LogP contribution is 2.37. The summed E-state index contributed by atoms with van der Waals surface area (Å²) in [5, 5.41) is 1.99. The molecule has 0 bridgehead atoms. The van der Waals surface area contributed by atoms with E-state index in [0.29, 0.717) is 24.0 Å². The van der Waals surface area contributed by atoms with E-state index in [-0.39, 0.29) is 13.2 Å². The molecule has 24 heavy (non-hydrogen) atoms. The monoisotopic (exact) mass is 324 g/mol. The molecule has 0 unspecified atom stereocenters. The van der Waals surface area contributed by atoms with Crippen LogP contribution in [0.5, 0.6) is 0 Å². The van der Waals surface area contributed by atoms with Crippen LogP contribution < -0.4 is 0 Å². The van der Waals surface area contributed by atoms with Gasteiger partial charge < -0.3 is 9.47 Å². The van der Waals surface area contributed by atoms with Crippen LogP contribution in [0.4, 0.5) is 0 Å². The topological polar surface area (TPSA) is 52.6 Å². The number of rotatable bonds is 4. The van der Waals surface area contributed by atoms with Crippen molar-refractivity contribution in [2.75, 3.05) is 13.2 Å². The van der Waals surface area contributed by atoms with Crippen LogP contribution >= 0.6 is 0 Å². The van der Waals surface area contributed by atoms with Crippen molar-refractivity contribution in [2.24, 2.45) is 0 Å². The molecule has 0 saturated carbocycles. The van der Waals surface area contributed by atoms with E-state index in [0.717, 1.165) is 21.9 Å². The van der Waals surface area contributed by atoms with E-state index >= 15 is 0 Å². The number of aryl methyl sites for hydroxylation is 1. The largest absolute Gasteiger partial charge is 0.463 e. The van der Waals surface area contributed by atoms with E-state index < -0.39 is 11.9 Å². The minimum atomic E-state index is -0.460. The van der Waals surface area contributed by atoms with Gasteiger partial charge in [-0.25, -0.2) is 9.59 Å². The van der Waals surface area contributed by atoms with Gasteiger partial charge in [-0.1, -0.05) is 36.4 Å². The third-order valence-corrected chi connectivity index (χ3v) is 4.21. The number of carbonyl (C=O) groups excluding carboxylic acids is 2. The zero-order valence-corrected chi connectivity index (χ0v) is 13.9. The third kappa shape index (κ3) is 2.80. The summed E-state index contributed by atoms with van der Waals surface area (Å²) in [5.74, 6) is -0.892. The van der Waals surface area contributed by atoms with Crippen LogP contribution in [-0.4, -0.2) is 25.2 Å². The van der Waals surface area contributed by atoms with Crippen LogP contribution in [0.2, 0.25) is 0 Å². The molecule has 0 heterocycles. The van der Waals surface area contributed by atoms with Crippen LogP contribution in [0.25, 0.3) is 16.3 Å². The zero-order valence-electron chi connectivity index (χ0n) is 13.9. The summed E-state index contributed by atoms with van der Waals surface area (Å²) in [6.07, 6.45) is 1.19. The van der Waals surface area contributed by atoms with Gasteiger partial charge in [0.2, 0.25) is 0 Å². The standard InChI is InChI=1S/C20H20O4/c1-3-23-19(21)16-12-11-14-10-9-13-7-5-6-8-15(13)17(14)18(16)20(22)24-4-2/h5-10H,3-4,11-12H2,1-2H3. The maximum absolute atomic E-state index is 12.6. The maximum Gasteiger partial charge on any atom is 0.339 e. The second-order valence-electron chi connectivity index (χ2n) is 5.62. The lowest BCUT2D eigenvalue weighted by atomic mass is 9.82. The van der Waals surface area contributed by atoms with Gasteiger partial charge in [0.25, 0.3) is 0 Å².